The van der Waals surface area contributed by atoms with Gasteiger partial charge in [-0.25, -0.2) is 4.79 Å². The number of benzene rings is 1. The average Bonchev–Trinajstić information content (AvgIpc) is 2.49. The molecule has 0 radical (unpaired) electrons. The van der Waals surface area contributed by atoms with E-state index in [2.05, 4.69) is 14.7 Å². The van der Waals surface area contributed by atoms with Gasteiger partial charge in [0.15, 0.2) is 0 Å². The van der Waals surface area contributed by atoms with Crippen molar-refractivity contribution in [3.8, 4) is 5.75 Å². The zero-order chi connectivity index (χ0) is 14.4. The molecule has 5 heteroatoms. The third kappa shape index (κ3) is 3.41. The first-order valence-electron chi connectivity index (χ1n) is 6.02. The van der Waals surface area contributed by atoms with Crippen LogP contribution < -0.4 is 0 Å². The van der Waals surface area contributed by atoms with Gasteiger partial charge in [-0.15, -0.1) is 0 Å². The topological polar surface area (TPSA) is 71.8 Å². The lowest BCUT2D eigenvalue weighted by Crippen LogP contribution is -2.01. The van der Waals surface area contributed by atoms with Gasteiger partial charge in [-0.3, -0.25) is 9.98 Å². The van der Waals surface area contributed by atoms with Crippen molar-refractivity contribution in [2.75, 3.05) is 7.11 Å². The Morgan fingerprint density at radius 2 is 2.25 bits per heavy atom. The summed E-state index contributed by atoms with van der Waals surface area (Å²) in [5.41, 5.74) is 1.65. The second kappa shape index (κ2) is 6.47. The number of hydrogen-bond donors (Lipinski definition) is 1. The zero-order valence-corrected chi connectivity index (χ0v) is 11.0. The highest BCUT2D eigenvalue weighted by Gasteiger charge is 2.07. The zero-order valence-electron chi connectivity index (χ0n) is 11.0. The van der Waals surface area contributed by atoms with Crippen molar-refractivity contribution in [2.24, 2.45) is 4.99 Å². The summed E-state index contributed by atoms with van der Waals surface area (Å²) in [6, 6.07) is 10.0. The van der Waals surface area contributed by atoms with Crippen LogP contribution in [0, 0.1) is 0 Å². The molecule has 0 saturated carbocycles. The molecule has 20 heavy (non-hydrogen) atoms. The molecule has 0 aliphatic rings. The van der Waals surface area contributed by atoms with Crippen molar-refractivity contribution in [1.82, 2.24) is 4.98 Å². The Kier molecular flexibility index (Phi) is 4.44. The number of rotatable bonds is 4. The van der Waals surface area contributed by atoms with E-state index in [1.165, 1.54) is 31.5 Å². The number of esters is 1. The Labute approximate surface area is 116 Å². The summed E-state index contributed by atoms with van der Waals surface area (Å²) < 4.78 is 4.63. The maximum absolute atomic E-state index is 11.4. The smallest absolute Gasteiger partial charge is 0.337 e. The number of aliphatic imine (C=N–C) groups is 1. The molecule has 0 aliphatic heterocycles. The van der Waals surface area contributed by atoms with E-state index >= 15 is 0 Å². The lowest BCUT2D eigenvalue weighted by Gasteiger charge is -2.02. The van der Waals surface area contributed by atoms with Gasteiger partial charge < -0.3 is 9.84 Å². The molecular weight excluding hydrogens is 256 g/mol. The third-order valence-electron chi connectivity index (χ3n) is 2.66. The Bertz CT molecular complexity index is 624. The van der Waals surface area contributed by atoms with Gasteiger partial charge in [0.05, 0.1) is 24.9 Å². The second-order valence-corrected chi connectivity index (χ2v) is 4.06. The molecule has 1 aromatic carbocycles. The van der Waals surface area contributed by atoms with E-state index in [0.29, 0.717) is 17.7 Å². The summed E-state index contributed by atoms with van der Waals surface area (Å²) in [7, 11) is 1.31. The van der Waals surface area contributed by atoms with Gasteiger partial charge in [0.25, 0.3) is 0 Å². The molecule has 1 N–H and O–H groups in total. The molecule has 0 spiro atoms. The van der Waals surface area contributed by atoms with E-state index in [0.717, 1.165) is 5.69 Å². The molecule has 2 rings (SSSR count). The number of aromatic nitrogens is 1. The monoisotopic (exact) mass is 270 g/mol. The Balaban J connectivity index is 2.14. The number of hydrogen-bond acceptors (Lipinski definition) is 5. The van der Waals surface area contributed by atoms with Crippen LogP contribution in [0.25, 0.3) is 0 Å². The molecule has 0 aliphatic carbocycles. The highest BCUT2D eigenvalue weighted by molar-refractivity contribution is 5.93. The fourth-order valence-corrected chi connectivity index (χ4v) is 1.63. The minimum absolute atomic E-state index is 0.0578. The van der Waals surface area contributed by atoms with E-state index in [1.54, 1.807) is 6.20 Å². The van der Waals surface area contributed by atoms with E-state index in [9.17, 15) is 9.90 Å². The van der Waals surface area contributed by atoms with E-state index in [4.69, 9.17) is 0 Å². The lowest BCUT2D eigenvalue weighted by atomic mass is 10.1. The summed E-state index contributed by atoms with van der Waals surface area (Å²) in [5.74, 6) is -0.396. The molecule has 0 fully saturated rings. The van der Waals surface area contributed by atoms with Crippen molar-refractivity contribution < 1.29 is 14.6 Å². The summed E-state index contributed by atoms with van der Waals surface area (Å²) in [5, 5.41) is 9.73. The van der Waals surface area contributed by atoms with Gasteiger partial charge in [-0.05, 0) is 30.3 Å². The number of pyridine rings is 1. The van der Waals surface area contributed by atoms with Gasteiger partial charge in [0.2, 0.25) is 0 Å². The van der Waals surface area contributed by atoms with Crippen LogP contribution >= 0.6 is 0 Å². The summed E-state index contributed by atoms with van der Waals surface area (Å²) in [6.45, 7) is 0.405. The molecule has 1 aromatic heterocycles. The van der Waals surface area contributed by atoms with Gasteiger partial charge in [-0.1, -0.05) is 6.07 Å². The molecule has 0 unspecified atom stereocenters. The SMILES string of the molecule is COC(=O)c1ccc(O)c(C=NCc2ccccn2)c1. The normalized spacial score (nSPS) is 10.7. The fraction of sp³-hybridized carbons (Fsp3) is 0.133. The molecule has 0 saturated heterocycles. The third-order valence-corrected chi connectivity index (χ3v) is 2.66. The van der Waals surface area contributed by atoms with Gasteiger partial charge in [0.1, 0.15) is 5.75 Å². The minimum atomic E-state index is -0.454. The van der Waals surface area contributed by atoms with Crippen LogP contribution in [0.3, 0.4) is 0 Å². The molecule has 5 nitrogen and oxygen atoms in total. The average molecular weight is 270 g/mol. The fourth-order valence-electron chi connectivity index (χ4n) is 1.63. The minimum Gasteiger partial charge on any atom is -0.507 e. The number of nitrogens with zero attached hydrogens (tertiary/aromatic N) is 2. The summed E-state index contributed by atoms with van der Waals surface area (Å²) in [4.78, 5) is 19.8. The number of aromatic hydroxyl groups is 1. The first-order chi connectivity index (χ1) is 9.70. The first-order valence-corrected chi connectivity index (χ1v) is 6.02. The van der Waals surface area contributed by atoms with Crippen molar-refractivity contribution >= 4 is 12.2 Å². The van der Waals surface area contributed by atoms with Crippen molar-refractivity contribution in [1.29, 1.82) is 0 Å². The molecule has 0 amide bonds. The quantitative estimate of drug-likeness (QED) is 0.683. The standard InChI is InChI=1S/C15H14N2O3/c1-20-15(19)11-5-6-14(18)12(8-11)9-16-10-13-4-2-3-7-17-13/h2-9,18H,10H2,1H3. The van der Waals surface area contributed by atoms with Crippen LogP contribution in [0.15, 0.2) is 47.6 Å². The maximum atomic E-state index is 11.4. The molecule has 1 heterocycles. The van der Waals surface area contributed by atoms with Crippen molar-refractivity contribution in [3.05, 3.63) is 59.4 Å². The summed E-state index contributed by atoms with van der Waals surface area (Å²) in [6.07, 6.45) is 3.21. The van der Waals surface area contributed by atoms with E-state index in [1.807, 2.05) is 18.2 Å². The van der Waals surface area contributed by atoms with Gasteiger partial charge in [-0.2, -0.15) is 0 Å². The molecule has 2 aromatic rings. The van der Waals surface area contributed by atoms with Crippen molar-refractivity contribution in [2.45, 2.75) is 6.54 Å². The molecule has 102 valence electrons. The number of carbonyl (C=O) groups is 1. The molecule has 0 bridgehead atoms. The number of phenols is 1. The van der Waals surface area contributed by atoms with Crippen molar-refractivity contribution in [3.63, 3.8) is 0 Å². The number of carbonyl (C=O) groups excluding carboxylic acids is 1. The summed E-state index contributed by atoms with van der Waals surface area (Å²) >= 11 is 0. The van der Waals surface area contributed by atoms with E-state index in [-0.39, 0.29) is 5.75 Å². The van der Waals surface area contributed by atoms with Crippen LogP contribution in [0.1, 0.15) is 21.6 Å². The first kappa shape index (κ1) is 13.7. The Hall–Kier alpha value is -2.69. The van der Waals surface area contributed by atoms with Crippen LogP contribution in [0.2, 0.25) is 0 Å². The lowest BCUT2D eigenvalue weighted by molar-refractivity contribution is 0.0600. The molecule has 0 atom stereocenters. The van der Waals surface area contributed by atoms with Crippen LogP contribution in [0.5, 0.6) is 5.75 Å². The van der Waals surface area contributed by atoms with Crippen LogP contribution in [-0.2, 0) is 11.3 Å². The van der Waals surface area contributed by atoms with E-state index < -0.39 is 5.97 Å². The number of methoxy groups -OCH3 is 1. The van der Waals surface area contributed by atoms with Crippen LogP contribution in [-0.4, -0.2) is 29.4 Å². The van der Waals surface area contributed by atoms with Crippen LogP contribution in [0.4, 0.5) is 0 Å². The largest absolute Gasteiger partial charge is 0.507 e. The van der Waals surface area contributed by atoms with Gasteiger partial charge in [0, 0.05) is 18.0 Å². The Morgan fingerprint density at radius 3 is 2.95 bits per heavy atom. The number of phenolic OH excluding ortho intramolecular Hbond substituents is 1. The number of ether oxygens (including phenoxy) is 1. The highest BCUT2D eigenvalue weighted by atomic mass is 16.5. The maximum Gasteiger partial charge on any atom is 0.337 e. The molecular formula is C15H14N2O3. The Morgan fingerprint density at radius 1 is 1.40 bits per heavy atom. The van der Waals surface area contributed by atoms with Gasteiger partial charge >= 0.3 is 5.97 Å². The predicted octanol–water partition coefficient (Wildman–Crippen LogP) is 2.19. The predicted molar refractivity (Wildman–Crippen MR) is 75.0 cm³/mol. The highest BCUT2D eigenvalue weighted by Crippen LogP contribution is 2.17. The second-order valence-electron chi connectivity index (χ2n) is 4.06.